The van der Waals surface area contributed by atoms with Crippen LogP contribution in [0.25, 0.3) is 5.52 Å². The van der Waals surface area contributed by atoms with Gasteiger partial charge in [0.15, 0.2) is 0 Å². The standard InChI is InChI=1S/C20H21F2N5O.C2HF3O2/c1-14-5-8-23-17(12-14)25-19(28)18-24-15(16-4-2-3-9-27(16)18)13-26-10-6-20(21,22)7-11-26;3-2(4,5)1(6)7/h2-5,8-9,12H,6-7,10-11,13H2,1H3,(H,23,25,28);(H,6,7). The fourth-order valence-corrected chi connectivity index (χ4v) is 3.55. The Morgan fingerprint density at radius 2 is 1.86 bits per heavy atom. The van der Waals surface area contributed by atoms with Crippen LogP contribution in [0.5, 0.6) is 0 Å². The largest absolute Gasteiger partial charge is 0.542 e. The highest BCUT2D eigenvalue weighted by atomic mass is 19.4. The second-order valence-electron chi connectivity index (χ2n) is 8.08. The molecule has 0 bridgehead atoms. The van der Waals surface area contributed by atoms with Gasteiger partial charge in [-0.3, -0.25) is 9.20 Å². The maximum Gasteiger partial charge on any atom is 0.430 e. The molecule has 0 saturated carbocycles. The quantitative estimate of drug-likeness (QED) is 0.529. The lowest BCUT2D eigenvalue weighted by Crippen LogP contribution is -3.12. The molecule has 0 radical (unpaired) electrons. The third kappa shape index (κ3) is 6.94. The molecule has 1 aliphatic heterocycles. The molecule has 13 heteroatoms. The first-order valence-electron chi connectivity index (χ1n) is 10.6. The summed E-state index contributed by atoms with van der Waals surface area (Å²) in [6, 6.07) is 9.23. The van der Waals surface area contributed by atoms with Gasteiger partial charge in [0.1, 0.15) is 24.0 Å². The normalized spacial score (nSPS) is 15.8. The third-order valence-electron chi connectivity index (χ3n) is 5.32. The van der Waals surface area contributed by atoms with Crippen LogP contribution in [-0.2, 0) is 11.3 Å². The molecule has 0 atom stereocenters. The number of nitrogens with one attached hydrogen (secondary N) is 2. The Morgan fingerprint density at radius 3 is 2.46 bits per heavy atom. The number of piperidine rings is 1. The van der Waals surface area contributed by atoms with E-state index in [1.54, 1.807) is 22.9 Å². The Hall–Kier alpha value is -3.61. The molecule has 0 unspecified atom stereocenters. The average molecular weight is 499 g/mol. The number of carboxylic acid groups (broad SMARTS) is 1. The number of likely N-dealkylation sites (tertiary alicyclic amines) is 1. The SMILES string of the molecule is Cc1ccnc(NC(=O)c2nc(C[NH+]3CCC(F)(F)CC3)c3ccccn23)c1.O=C([O-])C(F)(F)F. The highest BCUT2D eigenvalue weighted by molar-refractivity contribution is 6.02. The van der Waals surface area contributed by atoms with E-state index >= 15 is 0 Å². The number of rotatable bonds is 4. The minimum atomic E-state index is -5.19. The van der Waals surface area contributed by atoms with Crippen LogP contribution in [0.2, 0.25) is 0 Å². The summed E-state index contributed by atoms with van der Waals surface area (Å²) in [5, 5.41) is 11.6. The highest BCUT2D eigenvalue weighted by Crippen LogP contribution is 2.23. The molecule has 1 fully saturated rings. The van der Waals surface area contributed by atoms with Crippen LogP contribution in [0.15, 0.2) is 42.7 Å². The number of alkyl halides is 5. The first-order chi connectivity index (χ1) is 16.4. The number of hydrogen-bond donors (Lipinski definition) is 2. The van der Waals surface area contributed by atoms with Gasteiger partial charge >= 0.3 is 6.18 Å². The van der Waals surface area contributed by atoms with Crippen molar-refractivity contribution in [1.29, 1.82) is 0 Å². The Kier molecular flexibility index (Phi) is 7.68. The number of hydrogen-bond acceptors (Lipinski definition) is 5. The van der Waals surface area contributed by atoms with Gasteiger partial charge in [-0.25, -0.2) is 18.7 Å². The van der Waals surface area contributed by atoms with E-state index in [1.807, 2.05) is 31.2 Å². The Morgan fingerprint density at radius 1 is 1.20 bits per heavy atom. The van der Waals surface area contributed by atoms with Crippen LogP contribution < -0.4 is 15.3 Å². The second-order valence-corrected chi connectivity index (χ2v) is 8.08. The first kappa shape index (κ1) is 26.0. The molecule has 0 aliphatic carbocycles. The minimum Gasteiger partial charge on any atom is -0.542 e. The summed E-state index contributed by atoms with van der Waals surface area (Å²) in [5.41, 5.74) is 2.54. The van der Waals surface area contributed by atoms with Crippen LogP contribution in [0.3, 0.4) is 0 Å². The van der Waals surface area contributed by atoms with E-state index in [-0.39, 0.29) is 24.6 Å². The van der Waals surface area contributed by atoms with Crippen molar-refractivity contribution >= 4 is 23.2 Å². The second kappa shape index (κ2) is 10.3. The summed E-state index contributed by atoms with van der Waals surface area (Å²) >= 11 is 0. The van der Waals surface area contributed by atoms with E-state index in [1.165, 1.54) is 0 Å². The van der Waals surface area contributed by atoms with Crippen molar-refractivity contribution in [2.75, 3.05) is 18.4 Å². The first-order valence-corrected chi connectivity index (χ1v) is 10.6. The fraction of sp³-hybridized carbons (Fsp3) is 0.364. The van der Waals surface area contributed by atoms with Crippen molar-refractivity contribution in [3.63, 3.8) is 0 Å². The zero-order valence-corrected chi connectivity index (χ0v) is 18.5. The van der Waals surface area contributed by atoms with Gasteiger partial charge in [0.25, 0.3) is 11.8 Å². The Bertz CT molecular complexity index is 1200. The van der Waals surface area contributed by atoms with Gasteiger partial charge in [0, 0.05) is 12.4 Å². The predicted octanol–water partition coefficient (Wildman–Crippen LogP) is 1.40. The van der Waals surface area contributed by atoms with Gasteiger partial charge < -0.3 is 20.1 Å². The van der Waals surface area contributed by atoms with Crippen molar-refractivity contribution < 1.29 is 41.5 Å². The zero-order chi connectivity index (χ0) is 25.8. The maximum atomic E-state index is 13.4. The van der Waals surface area contributed by atoms with Crippen molar-refractivity contribution in [3.05, 3.63) is 59.8 Å². The number of carbonyl (C=O) groups excluding carboxylic acids is 2. The van der Waals surface area contributed by atoms with E-state index in [0.29, 0.717) is 25.5 Å². The molecule has 0 spiro atoms. The predicted molar refractivity (Wildman–Crippen MR) is 112 cm³/mol. The molecular weight excluding hydrogens is 477 g/mol. The number of nitrogens with zero attached hydrogens (tertiary/aromatic N) is 3. The number of halogens is 5. The van der Waals surface area contributed by atoms with Crippen molar-refractivity contribution in [1.82, 2.24) is 14.4 Å². The summed E-state index contributed by atoms with van der Waals surface area (Å²) in [5.74, 6) is -5.21. The van der Waals surface area contributed by atoms with Crippen molar-refractivity contribution in [3.8, 4) is 0 Å². The van der Waals surface area contributed by atoms with Crippen molar-refractivity contribution in [2.45, 2.75) is 38.4 Å². The van der Waals surface area contributed by atoms with Gasteiger partial charge in [0.2, 0.25) is 5.82 Å². The topological polar surface area (TPSA) is 104 Å². The third-order valence-corrected chi connectivity index (χ3v) is 5.32. The van der Waals surface area contributed by atoms with Crippen molar-refractivity contribution in [2.24, 2.45) is 0 Å². The maximum absolute atomic E-state index is 13.4. The number of aryl methyl sites for hydroxylation is 1. The van der Waals surface area contributed by atoms with Gasteiger partial charge in [-0.1, -0.05) is 6.07 Å². The van der Waals surface area contributed by atoms with Crippen LogP contribution >= 0.6 is 0 Å². The highest BCUT2D eigenvalue weighted by Gasteiger charge is 2.37. The molecule has 35 heavy (non-hydrogen) atoms. The molecule has 2 N–H and O–H groups in total. The average Bonchev–Trinajstić information content (AvgIpc) is 3.14. The molecule has 0 aromatic carbocycles. The van der Waals surface area contributed by atoms with Gasteiger partial charge in [0.05, 0.1) is 31.4 Å². The molecule has 1 aliphatic rings. The number of quaternary nitrogens is 1. The number of imidazole rings is 1. The summed E-state index contributed by atoms with van der Waals surface area (Å²) in [6.45, 7) is 3.23. The molecular formula is C22H22F5N5O3. The number of fused-ring (bicyclic) bond motifs is 1. The number of carboxylic acids is 1. The summed E-state index contributed by atoms with van der Waals surface area (Å²) in [4.78, 5) is 31.3. The molecule has 3 aromatic rings. The van der Waals surface area contributed by atoms with E-state index < -0.39 is 18.1 Å². The van der Waals surface area contributed by atoms with Crippen LogP contribution in [0, 0.1) is 6.92 Å². The lowest BCUT2D eigenvalue weighted by Gasteiger charge is -2.28. The van der Waals surface area contributed by atoms with Gasteiger partial charge in [-0.15, -0.1) is 0 Å². The summed E-state index contributed by atoms with van der Waals surface area (Å²) < 4.78 is 60.1. The molecule has 4 rings (SSSR count). The molecule has 3 aromatic heterocycles. The lowest BCUT2D eigenvalue weighted by molar-refractivity contribution is -0.921. The number of anilines is 1. The minimum absolute atomic E-state index is 0.111. The van der Waals surface area contributed by atoms with Crippen LogP contribution in [0.1, 0.15) is 34.7 Å². The fourth-order valence-electron chi connectivity index (χ4n) is 3.55. The van der Waals surface area contributed by atoms with E-state index in [0.717, 1.165) is 21.7 Å². The molecule has 188 valence electrons. The zero-order valence-electron chi connectivity index (χ0n) is 18.5. The Labute approximate surface area is 196 Å². The molecule has 1 saturated heterocycles. The molecule has 4 heterocycles. The number of amides is 1. The van der Waals surface area contributed by atoms with Gasteiger partial charge in [-0.05, 0) is 36.8 Å². The van der Waals surface area contributed by atoms with Crippen LogP contribution in [-0.4, -0.2) is 51.4 Å². The monoisotopic (exact) mass is 499 g/mol. The summed E-state index contributed by atoms with van der Waals surface area (Å²) in [7, 11) is 0. The smallest absolute Gasteiger partial charge is 0.430 e. The summed E-state index contributed by atoms with van der Waals surface area (Å²) in [6.07, 6.45) is -2.00. The number of aliphatic carboxylic acids is 1. The Balaban J connectivity index is 0.000000429. The lowest BCUT2D eigenvalue weighted by atomic mass is 10.1. The molecule has 8 nitrogen and oxygen atoms in total. The van der Waals surface area contributed by atoms with E-state index in [9.17, 15) is 26.7 Å². The van der Waals surface area contributed by atoms with Crippen LogP contribution in [0.4, 0.5) is 27.8 Å². The molecule has 1 amide bonds. The number of carbonyl (C=O) groups is 2. The van der Waals surface area contributed by atoms with Gasteiger partial charge in [-0.2, -0.15) is 13.2 Å². The number of pyridine rings is 2. The van der Waals surface area contributed by atoms with E-state index in [4.69, 9.17) is 9.90 Å². The number of aromatic nitrogens is 3. The van der Waals surface area contributed by atoms with E-state index in [2.05, 4.69) is 15.3 Å².